The predicted molar refractivity (Wildman–Crippen MR) is 124 cm³/mol. The van der Waals surface area contributed by atoms with Gasteiger partial charge in [-0.3, -0.25) is 4.57 Å². The van der Waals surface area contributed by atoms with E-state index in [1.54, 1.807) is 48.5 Å². The average molecular weight is 500 g/mol. The molecule has 1 aliphatic rings. The molecule has 0 aliphatic carbocycles. The second-order valence-corrected chi connectivity index (χ2v) is 10.6. The molecule has 0 aromatic carbocycles. The molecule has 3 heterocycles. The van der Waals surface area contributed by atoms with Crippen LogP contribution in [0.2, 0.25) is 5.28 Å². The Morgan fingerprint density at radius 1 is 1.15 bits per heavy atom. The van der Waals surface area contributed by atoms with E-state index in [1.807, 2.05) is 6.92 Å². The maximum atomic E-state index is 15.1. The van der Waals surface area contributed by atoms with Crippen molar-refractivity contribution in [3.8, 4) is 0 Å². The first-order valence-corrected chi connectivity index (χ1v) is 11.5. The van der Waals surface area contributed by atoms with Crippen molar-refractivity contribution in [2.75, 3.05) is 4.90 Å². The number of nitrogens with zero attached hydrogens (tertiary/aromatic N) is 5. The lowest BCUT2D eigenvalue weighted by atomic mass is 10.00. The minimum atomic E-state index is -1.33. The van der Waals surface area contributed by atoms with Gasteiger partial charge in [0.25, 0.3) is 0 Å². The number of hydrogen-bond donors (Lipinski definition) is 0. The SMILES string of the molecule is CC[C@H]1O[C@@H](n2cnc3c(N(C(=O)OC(C)(C)C)C(=O)OC(C)(C)C)nc(Cl)nc32)[C@@H](F)[C@@H]1C. The number of halogens is 2. The van der Waals surface area contributed by atoms with Crippen molar-refractivity contribution in [3.63, 3.8) is 0 Å². The largest absolute Gasteiger partial charge is 0.443 e. The number of imide groups is 1. The molecule has 0 saturated carbocycles. The summed E-state index contributed by atoms with van der Waals surface area (Å²) in [4.78, 5) is 39.3. The van der Waals surface area contributed by atoms with Crippen molar-refractivity contribution >= 4 is 40.8 Å². The molecule has 34 heavy (non-hydrogen) atoms. The summed E-state index contributed by atoms with van der Waals surface area (Å²) in [6.45, 7) is 13.6. The number of imidazole rings is 1. The fraction of sp³-hybridized carbons (Fsp3) is 0.682. The highest BCUT2D eigenvalue weighted by molar-refractivity contribution is 6.29. The quantitative estimate of drug-likeness (QED) is 0.513. The number of carbonyl (C=O) groups is 2. The number of anilines is 1. The Labute approximate surface area is 202 Å². The van der Waals surface area contributed by atoms with E-state index in [0.717, 1.165) is 0 Å². The van der Waals surface area contributed by atoms with E-state index in [0.29, 0.717) is 11.3 Å². The molecule has 4 atom stereocenters. The maximum Gasteiger partial charge on any atom is 0.425 e. The Balaban J connectivity index is 2.13. The Morgan fingerprint density at radius 2 is 1.71 bits per heavy atom. The van der Waals surface area contributed by atoms with Crippen molar-refractivity contribution in [1.29, 1.82) is 0 Å². The standard InChI is InChI=1S/C22H31ClFN5O5/c1-9-12-11(2)13(24)17(32-12)28-10-25-14-15(28)26-18(23)27-16(14)29(19(30)33-21(3,4)5)20(31)34-22(6,7)8/h10-13,17H,9H2,1-8H3/t11-,12-,13+,17-/m1/s1. The summed E-state index contributed by atoms with van der Waals surface area (Å²) >= 11 is 6.17. The third-order valence-electron chi connectivity index (χ3n) is 5.09. The summed E-state index contributed by atoms with van der Waals surface area (Å²) in [5.41, 5.74) is -1.71. The van der Waals surface area contributed by atoms with Gasteiger partial charge in [0.2, 0.25) is 5.28 Å². The number of hydrogen-bond acceptors (Lipinski definition) is 8. The lowest BCUT2D eigenvalue weighted by Crippen LogP contribution is -2.44. The van der Waals surface area contributed by atoms with Crippen LogP contribution in [-0.2, 0) is 14.2 Å². The fourth-order valence-corrected chi connectivity index (χ4v) is 3.77. The second-order valence-electron chi connectivity index (χ2n) is 10.2. The predicted octanol–water partition coefficient (Wildman–Crippen LogP) is 5.44. The second kappa shape index (κ2) is 9.26. The van der Waals surface area contributed by atoms with Crippen molar-refractivity contribution in [1.82, 2.24) is 19.5 Å². The molecule has 10 nitrogen and oxygen atoms in total. The summed E-state index contributed by atoms with van der Waals surface area (Å²) < 4.78 is 33.2. The number of aromatic nitrogens is 4. The molecule has 188 valence electrons. The Bertz CT molecular complexity index is 1050. The summed E-state index contributed by atoms with van der Waals surface area (Å²) in [7, 11) is 0. The third-order valence-corrected chi connectivity index (χ3v) is 5.26. The minimum absolute atomic E-state index is 0.0320. The molecule has 2 aromatic heterocycles. The summed E-state index contributed by atoms with van der Waals surface area (Å²) in [5.74, 6) is -0.588. The Hall–Kier alpha value is -2.53. The Morgan fingerprint density at radius 3 is 2.18 bits per heavy atom. The van der Waals surface area contributed by atoms with Gasteiger partial charge in [-0.15, -0.1) is 0 Å². The van der Waals surface area contributed by atoms with Crippen LogP contribution in [0.5, 0.6) is 0 Å². The zero-order valence-electron chi connectivity index (χ0n) is 20.6. The van der Waals surface area contributed by atoms with Gasteiger partial charge in [-0.05, 0) is 59.6 Å². The van der Waals surface area contributed by atoms with Gasteiger partial charge >= 0.3 is 12.2 Å². The zero-order chi connectivity index (χ0) is 25.6. The first kappa shape index (κ1) is 26.1. The lowest BCUT2D eigenvalue weighted by Gasteiger charge is -2.28. The van der Waals surface area contributed by atoms with Crippen LogP contribution >= 0.6 is 11.6 Å². The maximum absolute atomic E-state index is 15.1. The van der Waals surface area contributed by atoms with Crippen molar-refractivity contribution in [2.45, 2.75) is 91.5 Å². The van der Waals surface area contributed by atoms with Crippen LogP contribution in [0, 0.1) is 5.92 Å². The molecule has 3 rings (SSSR count). The van der Waals surface area contributed by atoms with E-state index in [1.165, 1.54) is 10.9 Å². The van der Waals surface area contributed by atoms with Crippen molar-refractivity contribution in [2.24, 2.45) is 5.92 Å². The first-order chi connectivity index (χ1) is 15.6. The Kier molecular flexibility index (Phi) is 7.10. The van der Waals surface area contributed by atoms with Gasteiger partial charge in [-0.1, -0.05) is 13.8 Å². The zero-order valence-corrected chi connectivity index (χ0v) is 21.4. The first-order valence-electron chi connectivity index (χ1n) is 11.1. The van der Waals surface area contributed by atoms with E-state index in [2.05, 4.69) is 15.0 Å². The minimum Gasteiger partial charge on any atom is -0.443 e. The summed E-state index contributed by atoms with van der Waals surface area (Å²) in [6, 6.07) is 0. The number of alkyl halides is 1. The molecule has 2 aromatic rings. The highest BCUT2D eigenvalue weighted by Crippen LogP contribution is 2.39. The van der Waals surface area contributed by atoms with Crippen LogP contribution in [0.3, 0.4) is 0 Å². The molecule has 1 aliphatic heterocycles. The van der Waals surface area contributed by atoms with E-state index < -0.39 is 35.8 Å². The smallest absolute Gasteiger partial charge is 0.425 e. The van der Waals surface area contributed by atoms with E-state index >= 15 is 4.39 Å². The van der Waals surface area contributed by atoms with Crippen LogP contribution in [0.25, 0.3) is 11.2 Å². The van der Waals surface area contributed by atoms with Gasteiger partial charge in [-0.2, -0.15) is 14.9 Å². The fourth-order valence-electron chi connectivity index (χ4n) is 3.61. The van der Waals surface area contributed by atoms with E-state index in [4.69, 9.17) is 25.8 Å². The summed E-state index contributed by atoms with van der Waals surface area (Å²) in [6.07, 6.45) is -2.72. The molecule has 0 bridgehead atoms. The molecule has 0 radical (unpaired) electrons. The molecule has 0 N–H and O–H groups in total. The topological polar surface area (TPSA) is 109 Å². The third kappa shape index (κ3) is 5.41. The molecular weight excluding hydrogens is 469 g/mol. The molecular formula is C22H31ClFN5O5. The molecule has 1 fully saturated rings. The van der Waals surface area contributed by atoms with Crippen LogP contribution < -0.4 is 4.90 Å². The van der Waals surface area contributed by atoms with Crippen molar-refractivity contribution < 1.29 is 28.2 Å². The van der Waals surface area contributed by atoms with Crippen molar-refractivity contribution in [3.05, 3.63) is 11.6 Å². The van der Waals surface area contributed by atoms with Crippen LogP contribution in [0.15, 0.2) is 6.33 Å². The highest BCUT2D eigenvalue weighted by Gasteiger charge is 2.44. The van der Waals surface area contributed by atoms with Gasteiger partial charge < -0.3 is 14.2 Å². The average Bonchev–Trinajstić information content (AvgIpc) is 3.20. The van der Waals surface area contributed by atoms with E-state index in [9.17, 15) is 9.59 Å². The number of amides is 2. The molecule has 2 amide bonds. The number of rotatable bonds is 3. The number of ether oxygens (including phenoxy) is 3. The van der Waals surface area contributed by atoms with Gasteiger partial charge in [0.15, 0.2) is 29.4 Å². The molecule has 0 spiro atoms. The molecule has 0 unspecified atom stereocenters. The van der Waals surface area contributed by atoms with Gasteiger partial charge in [0.1, 0.15) is 11.2 Å². The van der Waals surface area contributed by atoms with Crippen LogP contribution in [0.4, 0.5) is 19.8 Å². The molecule has 12 heteroatoms. The van der Waals surface area contributed by atoms with Gasteiger partial charge in [-0.25, -0.2) is 19.0 Å². The van der Waals surface area contributed by atoms with E-state index in [-0.39, 0.29) is 34.3 Å². The summed E-state index contributed by atoms with van der Waals surface area (Å²) in [5, 5.41) is -0.283. The molecule has 1 saturated heterocycles. The lowest BCUT2D eigenvalue weighted by molar-refractivity contribution is -0.0186. The van der Waals surface area contributed by atoms with Crippen LogP contribution in [0.1, 0.15) is 68.0 Å². The van der Waals surface area contributed by atoms with Crippen LogP contribution in [-0.4, -0.2) is 55.2 Å². The normalized spacial score (nSPS) is 23.2. The highest BCUT2D eigenvalue weighted by atomic mass is 35.5. The van der Waals surface area contributed by atoms with Gasteiger partial charge in [0.05, 0.1) is 12.4 Å². The monoisotopic (exact) mass is 499 g/mol. The van der Waals surface area contributed by atoms with Gasteiger partial charge in [0, 0.05) is 5.92 Å². The number of carbonyl (C=O) groups excluding carboxylic acids is 2. The number of fused-ring (bicyclic) bond motifs is 1.